The lowest BCUT2D eigenvalue weighted by atomic mass is 10.1. The van der Waals surface area contributed by atoms with Gasteiger partial charge in [0.1, 0.15) is 5.82 Å². The van der Waals surface area contributed by atoms with Gasteiger partial charge in [0.05, 0.1) is 0 Å². The molecule has 0 amide bonds. The summed E-state index contributed by atoms with van der Waals surface area (Å²) in [6.45, 7) is 18.3. The summed E-state index contributed by atoms with van der Waals surface area (Å²) >= 11 is 0. The lowest BCUT2D eigenvalue weighted by molar-refractivity contribution is 0.578. The zero-order valence-corrected chi connectivity index (χ0v) is 14.2. The molecule has 0 spiro atoms. The van der Waals surface area contributed by atoms with E-state index in [1.54, 1.807) is 0 Å². The van der Waals surface area contributed by atoms with Gasteiger partial charge in [0.2, 0.25) is 0 Å². The van der Waals surface area contributed by atoms with Crippen LogP contribution in [0.2, 0.25) is 0 Å². The molecule has 114 valence electrons. The molecule has 1 aromatic heterocycles. The van der Waals surface area contributed by atoms with E-state index >= 15 is 0 Å². The van der Waals surface area contributed by atoms with E-state index in [9.17, 15) is 0 Å². The molecule has 0 aliphatic rings. The molecule has 3 nitrogen and oxygen atoms in total. The van der Waals surface area contributed by atoms with Gasteiger partial charge in [-0.1, -0.05) is 27.7 Å². The largest absolute Gasteiger partial charge is 0.356 e. The zero-order valence-electron chi connectivity index (χ0n) is 14.2. The molecule has 1 aromatic rings. The highest BCUT2D eigenvalue weighted by atomic mass is 15.2. The fourth-order valence-electron chi connectivity index (χ4n) is 2.44. The van der Waals surface area contributed by atoms with Crippen molar-refractivity contribution < 1.29 is 0 Å². The minimum absolute atomic E-state index is 0.490. The molecule has 0 unspecified atom stereocenters. The highest BCUT2D eigenvalue weighted by Gasteiger charge is 2.15. The molecular weight excluding hydrogens is 246 g/mol. The number of hydrogen-bond donors (Lipinski definition) is 1. The maximum absolute atomic E-state index is 4.82. The van der Waals surface area contributed by atoms with Gasteiger partial charge in [-0.3, -0.25) is 0 Å². The maximum Gasteiger partial charge on any atom is 0.133 e. The standard InChI is InChI=1S/C17H31N3/c1-8-20(11-12(2)3)17-16(10-18-13(4)5)14(6)9-15(7)19-17/h9,12-13,18H,8,10-11H2,1-7H3. The van der Waals surface area contributed by atoms with E-state index < -0.39 is 0 Å². The van der Waals surface area contributed by atoms with E-state index in [-0.39, 0.29) is 0 Å². The van der Waals surface area contributed by atoms with Crippen molar-refractivity contribution in [3.05, 3.63) is 22.9 Å². The van der Waals surface area contributed by atoms with Gasteiger partial charge in [-0.05, 0) is 38.3 Å². The first-order valence-corrected chi connectivity index (χ1v) is 7.80. The molecule has 0 fully saturated rings. The fourth-order valence-corrected chi connectivity index (χ4v) is 2.44. The molecule has 0 aliphatic heterocycles. The molecule has 3 heteroatoms. The van der Waals surface area contributed by atoms with Crippen LogP contribution in [0.5, 0.6) is 0 Å². The number of aromatic nitrogens is 1. The van der Waals surface area contributed by atoms with E-state index in [0.29, 0.717) is 12.0 Å². The molecule has 20 heavy (non-hydrogen) atoms. The Hall–Kier alpha value is -1.09. The van der Waals surface area contributed by atoms with Gasteiger partial charge in [0.25, 0.3) is 0 Å². The van der Waals surface area contributed by atoms with Crippen LogP contribution in [-0.2, 0) is 6.54 Å². The van der Waals surface area contributed by atoms with Crippen LogP contribution in [0, 0.1) is 19.8 Å². The smallest absolute Gasteiger partial charge is 0.133 e. The first-order chi connectivity index (χ1) is 9.35. The Morgan fingerprint density at radius 2 is 1.85 bits per heavy atom. The van der Waals surface area contributed by atoms with Gasteiger partial charge in [0.15, 0.2) is 0 Å². The second-order valence-electron chi connectivity index (χ2n) is 6.35. The minimum atomic E-state index is 0.490. The Labute approximate surface area is 124 Å². The Balaban J connectivity index is 3.13. The Morgan fingerprint density at radius 3 is 2.35 bits per heavy atom. The Morgan fingerprint density at radius 1 is 1.20 bits per heavy atom. The van der Waals surface area contributed by atoms with E-state index in [1.165, 1.54) is 11.1 Å². The van der Waals surface area contributed by atoms with Crippen molar-refractivity contribution in [3.63, 3.8) is 0 Å². The number of rotatable bonds is 7. The number of hydrogen-bond acceptors (Lipinski definition) is 3. The van der Waals surface area contributed by atoms with Crippen LogP contribution < -0.4 is 10.2 Å². The summed E-state index contributed by atoms with van der Waals surface area (Å²) in [6.07, 6.45) is 0. The van der Waals surface area contributed by atoms with Gasteiger partial charge in [-0.25, -0.2) is 4.98 Å². The molecule has 1 N–H and O–H groups in total. The van der Waals surface area contributed by atoms with Gasteiger partial charge < -0.3 is 10.2 Å². The third-order valence-corrected chi connectivity index (χ3v) is 3.41. The second-order valence-corrected chi connectivity index (χ2v) is 6.35. The lowest BCUT2D eigenvalue weighted by Crippen LogP contribution is -2.31. The number of pyridine rings is 1. The van der Waals surface area contributed by atoms with Crippen LogP contribution in [0.4, 0.5) is 5.82 Å². The predicted octanol–water partition coefficient (Wildman–Crippen LogP) is 3.68. The van der Waals surface area contributed by atoms with Gasteiger partial charge in [0, 0.05) is 36.9 Å². The monoisotopic (exact) mass is 277 g/mol. The van der Waals surface area contributed by atoms with Gasteiger partial charge in [-0.15, -0.1) is 0 Å². The second kappa shape index (κ2) is 7.63. The van der Waals surface area contributed by atoms with Crippen molar-refractivity contribution in [3.8, 4) is 0 Å². The van der Waals surface area contributed by atoms with Crippen LogP contribution in [0.1, 0.15) is 51.4 Å². The molecular formula is C17H31N3. The molecule has 0 atom stereocenters. The molecule has 0 aliphatic carbocycles. The lowest BCUT2D eigenvalue weighted by Gasteiger charge is -2.28. The summed E-state index contributed by atoms with van der Waals surface area (Å²) in [5.41, 5.74) is 3.78. The third kappa shape index (κ3) is 4.78. The van der Waals surface area contributed by atoms with E-state index in [2.05, 4.69) is 64.7 Å². The predicted molar refractivity (Wildman–Crippen MR) is 88.4 cm³/mol. The average Bonchev–Trinajstić information content (AvgIpc) is 2.33. The van der Waals surface area contributed by atoms with Crippen LogP contribution in [-0.4, -0.2) is 24.1 Å². The number of nitrogens with one attached hydrogen (secondary N) is 1. The highest BCUT2D eigenvalue weighted by Crippen LogP contribution is 2.23. The number of nitrogens with zero attached hydrogens (tertiary/aromatic N) is 2. The summed E-state index contributed by atoms with van der Waals surface area (Å²) in [6, 6.07) is 2.67. The van der Waals surface area contributed by atoms with E-state index in [0.717, 1.165) is 31.1 Å². The maximum atomic E-state index is 4.82. The SMILES string of the molecule is CCN(CC(C)C)c1nc(C)cc(C)c1CNC(C)C. The molecule has 0 saturated carbocycles. The van der Waals surface area contributed by atoms with Crippen molar-refractivity contribution in [2.75, 3.05) is 18.0 Å². The third-order valence-electron chi connectivity index (χ3n) is 3.41. The van der Waals surface area contributed by atoms with Crippen LogP contribution in [0.3, 0.4) is 0 Å². The highest BCUT2D eigenvalue weighted by molar-refractivity contribution is 5.51. The summed E-state index contributed by atoms with van der Waals surface area (Å²) in [5.74, 6) is 1.80. The number of anilines is 1. The zero-order chi connectivity index (χ0) is 15.3. The van der Waals surface area contributed by atoms with Crippen molar-refractivity contribution in [1.29, 1.82) is 0 Å². The summed E-state index contributed by atoms with van der Waals surface area (Å²) in [5, 5.41) is 3.53. The minimum Gasteiger partial charge on any atom is -0.356 e. The van der Waals surface area contributed by atoms with E-state index in [1.807, 2.05) is 0 Å². The molecule has 1 heterocycles. The van der Waals surface area contributed by atoms with Crippen molar-refractivity contribution in [2.24, 2.45) is 5.92 Å². The van der Waals surface area contributed by atoms with Crippen LogP contribution >= 0.6 is 0 Å². The van der Waals surface area contributed by atoms with Crippen molar-refractivity contribution in [2.45, 2.75) is 61.1 Å². The first kappa shape index (κ1) is 17.0. The molecule has 1 rings (SSSR count). The molecule has 0 saturated heterocycles. The molecule has 0 aromatic carbocycles. The van der Waals surface area contributed by atoms with Crippen molar-refractivity contribution >= 4 is 5.82 Å². The van der Waals surface area contributed by atoms with Crippen LogP contribution in [0.25, 0.3) is 0 Å². The Bertz CT molecular complexity index is 424. The topological polar surface area (TPSA) is 28.2 Å². The van der Waals surface area contributed by atoms with E-state index in [4.69, 9.17) is 4.98 Å². The van der Waals surface area contributed by atoms with Crippen LogP contribution in [0.15, 0.2) is 6.07 Å². The Kier molecular flexibility index (Phi) is 6.47. The van der Waals surface area contributed by atoms with Crippen molar-refractivity contribution in [1.82, 2.24) is 10.3 Å². The van der Waals surface area contributed by atoms with Gasteiger partial charge >= 0.3 is 0 Å². The molecule has 0 radical (unpaired) electrons. The normalized spacial score (nSPS) is 11.4. The summed E-state index contributed by atoms with van der Waals surface area (Å²) in [7, 11) is 0. The summed E-state index contributed by atoms with van der Waals surface area (Å²) < 4.78 is 0. The fraction of sp³-hybridized carbons (Fsp3) is 0.706. The number of aryl methyl sites for hydroxylation is 2. The molecule has 0 bridgehead atoms. The first-order valence-electron chi connectivity index (χ1n) is 7.80. The summed E-state index contributed by atoms with van der Waals surface area (Å²) in [4.78, 5) is 7.23. The quantitative estimate of drug-likeness (QED) is 0.824. The van der Waals surface area contributed by atoms with Gasteiger partial charge in [-0.2, -0.15) is 0 Å². The average molecular weight is 277 g/mol.